The molecule has 0 fully saturated rings. The zero-order valence-electron chi connectivity index (χ0n) is 15.8. The monoisotopic (exact) mass is 515 g/mol. The van der Waals surface area contributed by atoms with Crippen molar-refractivity contribution in [3.63, 3.8) is 0 Å². The second kappa shape index (κ2) is 7.99. The first kappa shape index (κ1) is 21.4. The fraction of sp³-hybridized carbons (Fsp3) is 0. The second-order valence-corrected chi connectivity index (χ2v) is 11.0. The van der Waals surface area contributed by atoms with Crippen LogP contribution in [0.3, 0.4) is 0 Å². The van der Waals surface area contributed by atoms with Crippen LogP contribution in [0.2, 0.25) is 0 Å². The maximum absolute atomic E-state index is 13.1. The number of carbonyl (C=O) groups is 1. The first-order chi connectivity index (χ1) is 14.7. The number of halogens is 1. The molecule has 3 aromatic carbocycles. The summed E-state index contributed by atoms with van der Waals surface area (Å²) >= 11 is 3.25. The van der Waals surface area contributed by atoms with Crippen LogP contribution in [-0.4, -0.2) is 28.3 Å². The van der Waals surface area contributed by atoms with Crippen molar-refractivity contribution >= 4 is 47.3 Å². The molecule has 9 heteroatoms. The zero-order chi connectivity index (χ0) is 22.2. The lowest BCUT2D eigenvalue weighted by Gasteiger charge is -2.17. The molecule has 0 unspecified atom stereocenters. The summed E-state index contributed by atoms with van der Waals surface area (Å²) < 4.78 is 56.6. The van der Waals surface area contributed by atoms with Gasteiger partial charge < -0.3 is 0 Å². The van der Waals surface area contributed by atoms with E-state index in [4.69, 9.17) is 0 Å². The second-order valence-electron chi connectivity index (χ2n) is 6.61. The molecule has 0 heterocycles. The van der Waals surface area contributed by atoms with Crippen LogP contribution in [-0.2, 0) is 19.9 Å². The summed E-state index contributed by atoms with van der Waals surface area (Å²) in [6.07, 6.45) is 1.03. The van der Waals surface area contributed by atoms with E-state index < -0.39 is 30.5 Å². The first-order valence-electron chi connectivity index (χ1n) is 8.97. The van der Waals surface area contributed by atoms with E-state index in [1.54, 1.807) is 42.5 Å². The van der Waals surface area contributed by atoms with E-state index >= 15 is 0 Å². The molecule has 4 rings (SSSR count). The van der Waals surface area contributed by atoms with Gasteiger partial charge in [0.25, 0.3) is 10.0 Å². The van der Waals surface area contributed by atoms with Gasteiger partial charge in [0.2, 0.25) is 15.6 Å². The Bertz CT molecular complexity index is 1460. The number of hydrogen-bond acceptors (Lipinski definition) is 5. The number of sulfonamides is 1. The maximum atomic E-state index is 13.1. The van der Waals surface area contributed by atoms with Gasteiger partial charge in [0.15, 0.2) is 0 Å². The maximum Gasteiger partial charge on any atom is 0.282 e. The number of sulfone groups is 1. The number of Topliss-reactive ketones (excluding diaryl/α,β-unsaturated/α-hetero) is 1. The van der Waals surface area contributed by atoms with Crippen molar-refractivity contribution in [1.82, 2.24) is 0 Å². The van der Waals surface area contributed by atoms with Crippen molar-refractivity contribution in [2.75, 3.05) is 0 Å². The van der Waals surface area contributed by atoms with Gasteiger partial charge in [-0.25, -0.2) is 8.42 Å². The van der Waals surface area contributed by atoms with Crippen molar-refractivity contribution in [2.24, 2.45) is 4.40 Å². The van der Waals surface area contributed by atoms with Crippen molar-refractivity contribution in [2.45, 2.75) is 9.79 Å². The number of ketones is 1. The summed E-state index contributed by atoms with van der Waals surface area (Å²) in [6, 6.07) is 19.6. The number of rotatable bonds is 4. The van der Waals surface area contributed by atoms with Crippen LogP contribution in [0, 0.1) is 0 Å². The highest BCUT2D eigenvalue weighted by atomic mass is 79.9. The average Bonchev–Trinajstić information content (AvgIpc) is 2.76. The molecule has 1 aliphatic rings. The van der Waals surface area contributed by atoms with Crippen LogP contribution < -0.4 is 0 Å². The van der Waals surface area contributed by atoms with E-state index in [2.05, 4.69) is 20.3 Å². The van der Waals surface area contributed by atoms with Crippen molar-refractivity contribution in [3.05, 3.63) is 105 Å². The topological polar surface area (TPSA) is 97.7 Å². The smallest absolute Gasteiger partial charge is 0.282 e. The van der Waals surface area contributed by atoms with E-state index in [1.165, 1.54) is 36.4 Å². The third kappa shape index (κ3) is 4.04. The molecule has 0 atom stereocenters. The summed E-state index contributed by atoms with van der Waals surface area (Å²) in [5, 5.41) is 0. The summed E-state index contributed by atoms with van der Waals surface area (Å²) in [4.78, 5) is 12.3. The minimum absolute atomic E-state index is 0.0570. The number of nitrogens with zero attached hydrogens (tertiary/aromatic N) is 1. The van der Waals surface area contributed by atoms with Gasteiger partial charge in [0.05, 0.1) is 15.5 Å². The highest BCUT2D eigenvalue weighted by Crippen LogP contribution is 2.30. The largest absolute Gasteiger partial charge is 0.288 e. The summed E-state index contributed by atoms with van der Waals surface area (Å²) in [6.45, 7) is 0. The highest BCUT2D eigenvalue weighted by molar-refractivity contribution is 9.10. The number of hydrogen-bond donors (Lipinski definition) is 0. The Balaban J connectivity index is 1.93. The lowest BCUT2D eigenvalue weighted by atomic mass is 9.94. The summed E-state index contributed by atoms with van der Waals surface area (Å²) in [5.41, 5.74) is 0.206. The van der Waals surface area contributed by atoms with Gasteiger partial charge in [-0.15, -0.1) is 0 Å². The van der Waals surface area contributed by atoms with Crippen LogP contribution in [0.15, 0.2) is 109 Å². The van der Waals surface area contributed by atoms with Gasteiger partial charge in [-0.2, -0.15) is 12.8 Å². The van der Waals surface area contributed by atoms with Crippen molar-refractivity contribution < 1.29 is 21.6 Å². The molecule has 1 aliphatic carbocycles. The van der Waals surface area contributed by atoms with Gasteiger partial charge >= 0.3 is 0 Å². The molecule has 156 valence electrons. The molecular weight excluding hydrogens is 502 g/mol. The van der Waals surface area contributed by atoms with Gasteiger partial charge in [-0.1, -0.05) is 58.4 Å². The molecule has 0 saturated carbocycles. The van der Waals surface area contributed by atoms with E-state index in [9.17, 15) is 21.6 Å². The lowest BCUT2D eigenvalue weighted by molar-refractivity contribution is 0.104. The Morgan fingerprint density at radius 2 is 1.26 bits per heavy atom. The molecular formula is C22H14BrNO5S2. The predicted molar refractivity (Wildman–Crippen MR) is 120 cm³/mol. The minimum Gasteiger partial charge on any atom is -0.288 e. The van der Waals surface area contributed by atoms with Crippen molar-refractivity contribution in [1.29, 1.82) is 0 Å². The standard InChI is InChI=1S/C22H14BrNO5S2/c23-15-10-12-17(13-11-15)31(28,29)24-20-14-21(22(25)19-9-5-4-8-18(19)20)30(26,27)16-6-2-1-3-7-16/h1-14H/b24-20+. The fourth-order valence-corrected chi connectivity index (χ4v) is 5.75. The van der Waals surface area contributed by atoms with Crippen LogP contribution in [0.1, 0.15) is 15.9 Å². The van der Waals surface area contributed by atoms with Crippen LogP contribution in [0.5, 0.6) is 0 Å². The zero-order valence-corrected chi connectivity index (χ0v) is 19.0. The SMILES string of the molecule is O=C1C(S(=O)(=O)c2ccccc2)=C/C(=N\S(=O)(=O)c2ccc(Br)cc2)c2ccccc21. The van der Waals surface area contributed by atoms with E-state index in [1.807, 2.05) is 0 Å². The molecule has 0 amide bonds. The third-order valence-corrected chi connectivity index (χ3v) is 8.22. The molecule has 31 heavy (non-hydrogen) atoms. The first-order valence-corrected chi connectivity index (χ1v) is 12.7. The Hall–Kier alpha value is -2.88. The molecule has 0 spiro atoms. The van der Waals surface area contributed by atoms with E-state index in [-0.39, 0.29) is 26.6 Å². The van der Waals surface area contributed by atoms with Gasteiger partial charge in [-0.05, 0) is 42.5 Å². The predicted octanol–water partition coefficient (Wildman–Crippen LogP) is 4.18. The molecule has 0 aromatic heterocycles. The van der Waals surface area contributed by atoms with Crippen LogP contribution >= 0.6 is 15.9 Å². The number of fused-ring (bicyclic) bond motifs is 1. The highest BCUT2D eigenvalue weighted by Gasteiger charge is 2.34. The van der Waals surface area contributed by atoms with Gasteiger partial charge in [0.1, 0.15) is 4.91 Å². The van der Waals surface area contributed by atoms with Gasteiger partial charge in [-0.3, -0.25) is 4.79 Å². The molecule has 0 bridgehead atoms. The summed E-state index contributed by atoms with van der Waals surface area (Å²) in [5.74, 6) is -0.709. The molecule has 3 aromatic rings. The number of allylic oxidation sites excluding steroid dienone is 2. The quantitative estimate of drug-likeness (QED) is 0.518. The molecule has 6 nitrogen and oxygen atoms in total. The number of carbonyl (C=O) groups excluding carboxylic acids is 1. The summed E-state index contributed by atoms with van der Waals surface area (Å²) in [7, 11) is -8.34. The van der Waals surface area contributed by atoms with Crippen LogP contribution in [0.25, 0.3) is 0 Å². The number of benzene rings is 3. The fourth-order valence-electron chi connectivity index (χ4n) is 3.10. The minimum atomic E-state index is -4.18. The van der Waals surface area contributed by atoms with E-state index in [0.29, 0.717) is 4.47 Å². The molecule has 0 aliphatic heterocycles. The third-order valence-electron chi connectivity index (χ3n) is 4.61. The van der Waals surface area contributed by atoms with E-state index in [0.717, 1.165) is 6.08 Å². The Kier molecular flexibility index (Phi) is 5.50. The normalized spacial score (nSPS) is 15.5. The van der Waals surface area contributed by atoms with Crippen LogP contribution in [0.4, 0.5) is 0 Å². The van der Waals surface area contributed by atoms with Crippen molar-refractivity contribution in [3.8, 4) is 0 Å². The van der Waals surface area contributed by atoms with Gasteiger partial charge in [0, 0.05) is 15.6 Å². The average molecular weight is 516 g/mol. The lowest BCUT2D eigenvalue weighted by Crippen LogP contribution is -2.23. The molecule has 0 N–H and O–H groups in total. The molecule has 0 radical (unpaired) electrons. The Morgan fingerprint density at radius 3 is 1.90 bits per heavy atom. The Morgan fingerprint density at radius 1 is 0.677 bits per heavy atom. The Labute approximate surface area is 188 Å². The molecule has 0 saturated heterocycles.